The number of carbonyl (C=O) groups is 1. The lowest BCUT2D eigenvalue weighted by molar-refractivity contribution is -0.141. The molecule has 0 rings (SSSR count). The highest BCUT2D eigenvalue weighted by Gasteiger charge is 2.03. The first-order valence-electron chi connectivity index (χ1n) is 5.43. The number of aliphatic hydroxyl groups excluding tert-OH is 3. The molecule has 0 bridgehead atoms. The number of hydrogen-bond donors (Lipinski definition) is 4. The van der Waals surface area contributed by atoms with Gasteiger partial charge in [-0.25, -0.2) is 4.79 Å². The Kier molecular flexibility index (Phi) is 15.1. The standard InChI is InChI=1S/C7H12O4.C4H10O3/c1-5(2)7(10)11-4-3-6(8)9;5-1-3-7-4-2-6/h6,8-9H,1,3-4H2,2H3;5-6H,1-4H2. The van der Waals surface area contributed by atoms with E-state index >= 15 is 0 Å². The molecule has 0 heterocycles. The summed E-state index contributed by atoms with van der Waals surface area (Å²) in [6.45, 7) is 5.58. The second kappa shape index (κ2) is 14.1. The molecule has 0 unspecified atom stereocenters. The van der Waals surface area contributed by atoms with E-state index in [0.717, 1.165) is 0 Å². The van der Waals surface area contributed by atoms with Gasteiger partial charge in [-0.1, -0.05) is 6.58 Å². The molecule has 0 amide bonds. The Balaban J connectivity index is 0. The highest BCUT2D eigenvalue weighted by Crippen LogP contribution is 1.94. The van der Waals surface area contributed by atoms with Crippen LogP contribution in [0.2, 0.25) is 0 Å². The molecule has 0 fully saturated rings. The average Bonchev–Trinajstić information content (AvgIpc) is 2.30. The molecule has 0 aromatic heterocycles. The number of hydrogen-bond acceptors (Lipinski definition) is 7. The van der Waals surface area contributed by atoms with Crippen molar-refractivity contribution in [2.75, 3.05) is 33.0 Å². The molecule has 0 saturated heterocycles. The van der Waals surface area contributed by atoms with E-state index in [1.54, 1.807) is 0 Å². The van der Waals surface area contributed by atoms with Crippen LogP contribution in [0.4, 0.5) is 0 Å². The lowest BCUT2D eigenvalue weighted by Crippen LogP contribution is -2.12. The van der Waals surface area contributed by atoms with Crippen LogP contribution in [0.5, 0.6) is 0 Å². The van der Waals surface area contributed by atoms with Gasteiger partial charge in [0, 0.05) is 12.0 Å². The third-order valence-corrected chi connectivity index (χ3v) is 1.43. The van der Waals surface area contributed by atoms with Crippen molar-refractivity contribution >= 4 is 5.97 Å². The molecule has 0 spiro atoms. The molecule has 0 radical (unpaired) electrons. The van der Waals surface area contributed by atoms with Gasteiger partial charge >= 0.3 is 5.97 Å². The van der Waals surface area contributed by atoms with Crippen LogP contribution >= 0.6 is 0 Å². The summed E-state index contributed by atoms with van der Waals surface area (Å²) in [4.78, 5) is 10.6. The zero-order valence-corrected chi connectivity index (χ0v) is 10.5. The van der Waals surface area contributed by atoms with Gasteiger partial charge < -0.3 is 29.9 Å². The first-order chi connectivity index (χ1) is 8.45. The van der Waals surface area contributed by atoms with Crippen LogP contribution in [0.25, 0.3) is 0 Å². The SMILES string of the molecule is C=C(C)C(=O)OCCC(O)O.OCCOCCO. The summed E-state index contributed by atoms with van der Waals surface area (Å²) in [5, 5.41) is 32.9. The molecule has 0 saturated carbocycles. The molecule has 7 nitrogen and oxygen atoms in total. The quantitative estimate of drug-likeness (QED) is 0.188. The Bertz CT molecular complexity index is 211. The van der Waals surface area contributed by atoms with Crippen molar-refractivity contribution in [3.05, 3.63) is 12.2 Å². The Hall–Kier alpha value is -0.990. The molecule has 0 aliphatic heterocycles. The van der Waals surface area contributed by atoms with Gasteiger partial charge in [0.15, 0.2) is 6.29 Å². The van der Waals surface area contributed by atoms with Gasteiger partial charge in [0.25, 0.3) is 0 Å². The zero-order chi connectivity index (χ0) is 14.4. The number of rotatable bonds is 8. The summed E-state index contributed by atoms with van der Waals surface area (Å²) in [5.74, 6) is -0.509. The van der Waals surface area contributed by atoms with Crippen molar-refractivity contribution < 1.29 is 34.7 Å². The summed E-state index contributed by atoms with van der Waals surface area (Å²) in [6.07, 6.45) is -1.40. The highest BCUT2D eigenvalue weighted by atomic mass is 16.5. The van der Waals surface area contributed by atoms with E-state index in [0.29, 0.717) is 18.8 Å². The van der Waals surface area contributed by atoms with Crippen LogP contribution in [-0.2, 0) is 14.3 Å². The molecular weight excluding hydrogens is 244 g/mol. The van der Waals surface area contributed by atoms with Gasteiger partial charge in [0.1, 0.15) is 0 Å². The van der Waals surface area contributed by atoms with Gasteiger partial charge in [-0.05, 0) is 6.92 Å². The molecule has 7 heteroatoms. The fourth-order valence-electron chi connectivity index (χ4n) is 0.611. The third kappa shape index (κ3) is 17.4. The first kappa shape index (κ1) is 19.4. The van der Waals surface area contributed by atoms with Crippen molar-refractivity contribution in [3.63, 3.8) is 0 Å². The smallest absolute Gasteiger partial charge is 0.333 e. The molecule has 18 heavy (non-hydrogen) atoms. The van der Waals surface area contributed by atoms with Gasteiger partial charge in [0.05, 0.1) is 33.0 Å². The molecule has 0 aliphatic rings. The van der Waals surface area contributed by atoms with Crippen LogP contribution in [0.15, 0.2) is 12.2 Å². The number of ether oxygens (including phenoxy) is 2. The van der Waals surface area contributed by atoms with E-state index in [2.05, 4.69) is 16.1 Å². The fourth-order valence-corrected chi connectivity index (χ4v) is 0.611. The predicted octanol–water partition coefficient (Wildman–Crippen LogP) is -1.21. The molecule has 0 aromatic carbocycles. The van der Waals surface area contributed by atoms with Crippen LogP contribution in [-0.4, -0.2) is 65.7 Å². The monoisotopic (exact) mass is 266 g/mol. The molecule has 0 atom stereocenters. The highest BCUT2D eigenvalue weighted by molar-refractivity contribution is 5.86. The van der Waals surface area contributed by atoms with E-state index in [1.807, 2.05) is 0 Å². The van der Waals surface area contributed by atoms with Crippen molar-refractivity contribution in [1.29, 1.82) is 0 Å². The van der Waals surface area contributed by atoms with Crippen LogP contribution < -0.4 is 0 Å². The summed E-state index contributed by atoms with van der Waals surface area (Å²) >= 11 is 0. The normalized spacial score (nSPS) is 9.67. The van der Waals surface area contributed by atoms with Gasteiger partial charge in [-0.2, -0.15) is 0 Å². The lowest BCUT2D eigenvalue weighted by Gasteiger charge is -2.04. The Morgan fingerprint density at radius 1 is 1.17 bits per heavy atom. The number of esters is 1. The molecule has 4 N–H and O–H groups in total. The van der Waals surface area contributed by atoms with Gasteiger partial charge in [-0.15, -0.1) is 0 Å². The Morgan fingerprint density at radius 2 is 1.67 bits per heavy atom. The summed E-state index contributed by atoms with van der Waals surface area (Å²) in [6, 6.07) is 0. The molecule has 108 valence electrons. The summed E-state index contributed by atoms with van der Waals surface area (Å²) < 4.78 is 9.19. The third-order valence-electron chi connectivity index (χ3n) is 1.43. The minimum Gasteiger partial charge on any atom is -0.462 e. The molecule has 0 aliphatic carbocycles. The lowest BCUT2D eigenvalue weighted by atomic mass is 10.3. The van der Waals surface area contributed by atoms with E-state index in [1.165, 1.54) is 6.92 Å². The van der Waals surface area contributed by atoms with Crippen LogP contribution in [0.1, 0.15) is 13.3 Å². The maximum atomic E-state index is 10.6. The number of aliphatic hydroxyl groups is 4. The van der Waals surface area contributed by atoms with Crippen molar-refractivity contribution in [1.82, 2.24) is 0 Å². The van der Waals surface area contributed by atoms with E-state index < -0.39 is 12.3 Å². The van der Waals surface area contributed by atoms with Gasteiger partial charge in [0.2, 0.25) is 0 Å². The van der Waals surface area contributed by atoms with E-state index in [9.17, 15) is 4.79 Å². The summed E-state index contributed by atoms with van der Waals surface area (Å²) in [7, 11) is 0. The number of carbonyl (C=O) groups excluding carboxylic acids is 1. The largest absolute Gasteiger partial charge is 0.462 e. The maximum absolute atomic E-state index is 10.6. The minimum atomic E-state index is -1.42. The summed E-state index contributed by atoms with van der Waals surface area (Å²) in [5.41, 5.74) is 0.303. The van der Waals surface area contributed by atoms with Crippen molar-refractivity contribution in [2.45, 2.75) is 19.6 Å². The topological polar surface area (TPSA) is 116 Å². The second-order valence-corrected chi connectivity index (χ2v) is 3.25. The van der Waals surface area contributed by atoms with Crippen molar-refractivity contribution in [2.24, 2.45) is 0 Å². The molecular formula is C11H22O7. The zero-order valence-electron chi connectivity index (χ0n) is 10.5. The van der Waals surface area contributed by atoms with Gasteiger partial charge in [-0.3, -0.25) is 0 Å². The predicted molar refractivity (Wildman–Crippen MR) is 63.6 cm³/mol. The van der Waals surface area contributed by atoms with E-state index in [4.69, 9.17) is 20.4 Å². The fraction of sp³-hybridized carbons (Fsp3) is 0.727. The minimum absolute atomic E-state index is 0.00333. The molecule has 0 aromatic rings. The van der Waals surface area contributed by atoms with Crippen molar-refractivity contribution in [3.8, 4) is 0 Å². The van der Waals surface area contributed by atoms with Crippen LogP contribution in [0.3, 0.4) is 0 Å². The Morgan fingerprint density at radius 3 is 2.00 bits per heavy atom. The second-order valence-electron chi connectivity index (χ2n) is 3.25. The van der Waals surface area contributed by atoms with E-state index in [-0.39, 0.29) is 26.2 Å². The maximum Gasteiger partial charge on any atom is 0.333 e. The average molecular weight is 266 g/mol. The first-order valence-corrected chi connectivity index (χ1v) is 5.43. The van der Waals surface area contributed by atoms with Crippen LogP contribution in [0, 0.1) is 0 Å². The Labute approximate surface area is 106 Å².